The van der Waals surface area contributed by atoms with Gasteiger partial charge in [0.05, 0.1) is 11.0 Å². The van der Waals surface area contributed by atoms with Gasteiger partial charge in [0, 0.05) is 25.8 Å². The van der Waals surface area contributed by atoms with Gasteiger partial charge in [0.25, 0.3) is 6.04 Å². The molecule has 2 heterocycles. The lowest BCUT2D eigenvalue weighted by atomic mass is 9.96. The molecule has 2 atom stereocenters. The Bertz CT molecular complexity index is 851. The molecule has 1 aliphatic heterocycles. The molecule has 5 heteroatoms. The first-order chi connectivity index (χ1) is 12.1. The SMILES string of the molecule is Cc1cc2ccc3c(c2c[n+]1C(CC(C)C)C(=O)O)OC(C(C)(C)O)C3. The molecule has 5 nitrogen and oxygen atoms in total. The number of aromatic nitrogens is 1. The van der Waals surface area contributed by atoms with E-state index < -0.39 is 17.6 Å². The number of nitrogens with zero attached hydrogens (tertiary/aromatic N) is 1. The van der Waals surface area contributed by atoms with E-state index in [1.165, 1.54) is 0 Å². The van der Waals surface area contributed by atoms with E-state index in [1.807, 2.05) is 49.7 Å². The highest BCUT2D eigenvalue weighted by Crippen LogP contribution is 2.38. The number of aliphatic hydroxyl groups is 1. The summed E-state index contributed by atoms with van der Waals surface area (Å²) in [6.07, 6.45) is 2.81. The molecule has 1 aromatic heterocycles. The summed E-state index contributed by atoms with van der Waals surface area (Å²) in [5.41, 5.74) is 1.02. The molecule has 0 saturated heterocycles. The maximum Gasteiger partial charge on any atom is 0.373 e. The Labute approximate surface area is 154 Å². The van der Waals surface area contributed by atoms with Crippen molar-refractivity contribution in [3.8, 4) is 5.75 Å². The molecule has 0 amide bonds. The minimum absolute atomic E-state index is 0.274. The standard InChI is InChI=1S/C21H27NO4/c1-12(2)8-17(20(23)24)22-11-16-14(9-13(22)3)6-7-15-10-18(21(4,5)25)26-19(15)16/h6-7,9,11-12,17-18,25H,8,10H2,1-5H3/p+1. The predicted octanol–water partition coefficient (Wildman–Crippen LogP) is 3.18. The lowest BCUT2D eigenvalue weighted by Crippen LogP contribution is -2.46. The Morgan fingerprint density at radius 3 is 2.65 bits per heavy atom. The van der Waals surface area contributed by atoms with Gasteiger partial charge in [0.15, 0.2) is 11.9 Å². The Kier molecular flexibility index (Phi) is 4.69. The highest BCUT2D eigenvalue weighted by atomic mass is 16.5. The van der Waals surface area contributed by atoms with Crippen LogP contribution < -0.4 is 9.30 Å². The molecule has 140 valence electrons. The van der Waals surface area contributed by atoms with Gasteiger partial charge < -0.3 is 14.9 Å². The average molecular weight is 358 g/mol. The molecule has 0 spiro atoms. The fraction of sp³-hybridized carbons (Fsp3) is 0.524. The molecule has 2 unspecified atom stereocenters. The topological polar surface area (TPSA) is 70.6 Å². The van der Waals surface area contributed by atoms with E-state index in [9.17, 15) is 15.0 Å². The van der Waals surface area contributed by atoms with Crippen LogP contribution in [0.4, 0.5) is 0 Å². The third-order valence-corrected chi connectivity index (χ3v) is 5.12. The van der Waals surface area contributed by atoms with Crippen LogP contribution in [0.25, 0.3) is 10.8 Å². The Morgan fingerprint density at radius 2 is 2.08 bits per heavy atom. The lowest BCUT2D eigenvalue weighted by molar-refractivity contribution is -0.716. The van der Waals surface area contributed by atoms with Gasteiger partial charge in [-0.3, -0.25) is 0 Å². The quantitative estimate of drug-likeness (QED) is 0.806. The molecular weight excluding hydrogens is 330 g/mol. The van der Waals surface area contributed by atoms with Gasteiger partial charge in [0.1, 0.15) is 11.9 Å². The van der Waals surface area contributed by atoms with Crippen LogP contribution in [0.1, 0.15) is 51.4 Å². The maximum atomic E-state index is 11.9. The number of ether oxygens (including phenoxy) is 1. The summed E-state index contributed by atoms with van der Waals surface area (Å²) < 4.78 is 7.93. The zero-order valence-corrected chi connectivity index (χ0v) is 16.1. The molecule has 0 radical (unpaired) electrons. The number of carbonyl (C=O) groups is 1. The summed E-state index contributed by atoms with van der Waals surface area (Å²) in [6.45, 7) is 9.49. The first kappa shape index (κ1) is 18.6. The molecule has 1 aromatic carbocycles. The van der Waals surface area contributed by atoms with Gasteiger partial charge in [-0.05, 0) is 30.7 Å². The van der Waals surface area contributed by atoms with Crippen molar-refractivity contribution in [1.82, 2.24) is 0 Å². The molecule has 1 aliphatic rings. The van der Waals surface area contributed by atoms with E-state index in [1.54, 1.807) is 13.8 Å². The van der Waals surface area contributed by atoms with Crippen LogP contribution in [0.15, 0.2) is 24.4 Å². The zero-order chi connectivity index (χ0) is 19.2. The minimum atomic E-state index is -0.937. The normalized spacial score (nSPS) is 18.0. The first-order valence-corrected chi connectivity index (χ1v) is 9.17. The molecule has 0 bridgehead atoms. The van der Waals surface area contributed by atoms with Crippen molar-refractivity contribution in [1.29, 1.82) is 0 Å². The molecular formula is C21H28NO4+. The van der Waals surface area contributed by atoms with Gasteiger partial charge in [-0.25, -0.2) is 4.79 Å². The first-order valence-electron chi connectivity index (χ1n) is 9.17. The highest BCUT2D eigenvalue weighted by molar-refractivity contribution is 5.89. The van der Waals surface area contributed by atoms with Crippen molar-refractivity contribution >= 4 is 16.7 Å². The number of rotatable bonds is 5. The van der Waals surface area contributed by atoms with Crippen LogP contribution in [0.2, 0.25) is 0 Å². The van der Waals surface area contributed by atoms with Gasteiger partial charge in [0.2, 0.25) is 0 Å². The maximum absolute atomic E-state index is 11.9. The van der Waals surface area contributed by atoms with E-state index in [2.05, 4.69) is 0 Å². The number of aryl methyl sites for hydroxylation is 1. The second-order valence-corrected chi connectivity index (χ2v) is 8.33. The number of aliphatic carboxylic acids is 1. The van der Waals surface area contributed by atoms with Crippen molar-refractivity contribution in [2.45, 2.75) is 65.2 Å². The second-order valence-electron chi connectivity index (χ2n) is 8.33. The summed E-state index contributed by atoms with van der Waals surface area (Å²) >= 11 is 0. The van der Waals surface area contributed by atoms with E-state index in [4.69, 9.17) is 4.74 Å². The van der Waals surface area contributed by atoms with Crippen LogP contribution in [-0.4, -0.2) is 27.9 Å². The van der Waals surface area contributed by atoms with Gasteiger partial charge in [-0.2, -0.15) is 4.57 Å². The smallest absolute Gasteiger partial charge is 0.373 e. The highest BCUT2D eigenvalue weighted by Gasteiger charge is 2.37. The predicted molar refractivity (Wildman–Crippen MR) is 99.4 cm³/mol. The average Bonchev–Trinajstić information content (AvgIpc) is 2.96. The van der Waals surface area contributed by atoms with E-state index in [-0.39, 0.29) is 12.0 Å². The third-order valence-electron chi connectivity index (χ3n) is 5.12. The van der Waals surface area contributed by atoms with Crippen molar-refractivity contribution < 1.29 is 24.3 Å². The van der Waals surface area contributed by atoms with Crippen molar-refractivity contribution in [2.24, 2.45) is 5.92 Å². The number of pyridine rings is 1. The van der Waals surface area contributed by atoms with Crippen molar-refractivity contribution in [3.05, 3.63) is 35.7 Å². The molecule has 26 heavy (non-hydrogen) atoms. The number of carboxylic acids is 1. The monoisotopic (exact) mass is 358 g/mol. The van der Waals surface area contributed by atoms with Gasteiger partial charge in [-0.15, -0.1) is 0 Å². The molecule has 0 saturated carbocycles. The number of hydrogen-bond acceptors (Lipinski definition) is 3. The van der Waals surface area contributed by atoms with E-state index in [0.717, 1.165) is 27.8 Å². The fourth-order valence-corrected chi connectivity index (χ4v) is 3.65. The zero-order valence-electron chi connectivity index (χ0n) is 16.1. The molecule has 2 N–H and O–H groups in total. The number of carboxylic acid groups (broad SMARTS) is 1. The Hall–Kier alpha value is -2.14. The van der Waals surface area contributed by atoms with Crippen LogP contribution in [0.3, 0.4) is 0 Å². The lowest BCUT2D eigenvalue weighted by Gasteiger charge is -2.24. The number of hydrogen-bond donors (Lipinski definition) is 2. The fourth-order valence-electron chi connectivity index (χ4n) is 3.65. The third kappa shape index (κ3) is 3.40. The Balaban J connectivity index is 2.12. The summed E-state index contributed by atoms with van der Waals surface area (Å²) in [5, 5.41) is 22.0. The van der Waals surface area contributed by atoms with E-state index >= 15 is 0 Å². The van der Waals surface area contributed by atoms with Crippen LogP contribution in [0.5, 0.6) is 5.75 Å². The van der Waals surface area contributed by atoms with Crippen LogP contribution in [0, 0.1) is 12.8 Å². The van der Waals surface area contributed by atoms with Crippen LogP contribution in [-0.2, 0) is 11.2 Å². The Morgan fingerprint density at radius 1 is 1.38 bits per heavy atom. The van der Waals surface area contributed by atoms with Gasteiger partial charge >= 0.3 is 5.97 Å². The van der Waals surface area contributed by atoms with Gasteiger partial charge in [-0.1, -0.05) is 26.0 Å². The second kappa shape index (κ2) is 6.54. The molecule has 0 aliphatic carbocycles. The molecule has 2 aromatic rings. The van der Waals surface area contributed by atoms with Crippen molar-refractivity contribution in [2.75, 3.05) is 0 Å². The summed E-state index contributed by atoms with van der Waals surface area (Å²) in [5.74, 6) is 0.210. The minimum Gasteiger partial charge on any atom is -0.486 e. The number of benzene rings is 1. The summed E-state index contributed by atoms with van der Waals surface area (Å²) in [6, 6.07) is 5.48. The summed E-state index contributed by atoms with van der Waals surface area (Å²) in [7, 11) is 0. The van der Waals surface area contributed by atoms with E-state index in [0.29, 0.717) is 12.8 Å². The largest absolute Gasteiger partial charge is 0.486 e. The number of fused-ring (bicyclic) bond motifs is 3. The summed E-state index contributed by atoms with van der Waals surface area (Å²) in [4.78, 5) is 11.9. The molecule has 3 rings (SSSR count). The molecule has 0 fully saturated rings. The van der Waals surface area contributed by atoms with Crippen LogP contribution >= 0.6 is 0 Å². The van der Waals surface area contributed by atoms with Crippen molar-refractivity contribution in [3.63, 3.8) is 0 Å².